The van der Waals surface area contributed by atoms with Gasteiger partial charge in [-0.15, -0.1) is 0 Å². The summed E-state index contributed by atoms with van der Waals surface area (Å²) in [5, 5.41) is 9.48. The smallest absolute Gasteiger partial charge is 0.264 e. The van der Waals surface area contributed by atoms with E-state index in [1.54, 1.807) is 49.0 Å². The third kappa shape index (κ3) is 8.29. The number of Topliss-reactive ketones (excluding diaryl/α,β-unsaturated/α-hetero) is 2. The number of hydrogen-bond acceptors (Lipinski definition) is 8. The van der Waals surface area contributed by atoms with Crippen molar-refractivity contribution in [2.45, 2.75) is 82.3 Å². The number of fused-ring (bicyclic) bond motifs is 4. The summed E-state index contributed by atoms with van der Waals surface area (Å²) in [7, 11) is -3.59. The number of benzene rings is 3. The van der Waals surface area contributed by atoms with Crippen LogP contribution in [0.15, 0.2) is 102 Å². The standard InChI is InChI=1S/C26H25FN2OS.C20H21FN2O4S/c1-18(30)26-14-20-16-28-29(23-10-8-22(27)9-11-23)25(20)13-21(26)7-12-24(15-26)31-17-19-5-3-2-4-6-19;1-13(24)20-10-14-12-22-23(17-6-4-16(21)5-7-17)19(14)9-15(20)3-8-18(11-20)27-28(2,25)26/h2-6,8-11,13,16,24H,7,12,14-15,17H2,1H3;4-7,9,12,18H,3,8,10-11H2,1-2H3/t24-,26+;18-,20-/m01/s1. The minimum Gasteiger partial charge on any atom is -0.299 e. The predicted octanol–water partition coefficient (Wildman–Crippen LogP) is 9.07. The van der Waals surface area contributed by atoms with Crippen LogP contribution in [0.4, 0.5) is 8.78 Å². The Hall–Kier alpha value is -4.98. The van der Waals surface area contributed by atoms with Crippen LogP contribution >= 0.6 is 11.8 Å². The predicted molar refractivity (Wildman–Crippen MR) is 226 cm³/mol. The van der Waals surface area contributed by atoms with Gasteiger partial charge in [0.2, 0.25) is 0 Å². The molecule has 2 fully saturated rings. The molecule has 3 aromatic carbocycles. The van der Waals surface area contributed by atoms with Crippen molar-refractivity contribution >= 4 is 45.6 Å². The number of ketones is 2. The second kappa shape index (κ2) is 16.2. The zero-order valence-corrected chi connectivity index (χ0v) is 34.9. The van der Waals surface area contributed by atoms with Crippen molar-refractivity contribution in [3.05, 3.63) is 142 Å². The molecule has 0 N–H and O–H groups in total. The van der Waals surface area contributed by atoms with Gasteiger partial charge in [-0.05, 0) is 143 Å². The Morgan fingerprint density at radius 2 is 1.24 bits per heavy atom. The molecule has 13 heteroatoms. The highest BCUT2D eigenvalue weighted by Crippen LogP contribution is 2.52. The van der Waals surface area contributed by atoms with Crippen molar-refractivity contribution in [2.75, 3.05) is 6.26 Å². The Morgan fingerprint density at radius 1 is 0.746 bits per heavy atom. The number of halogens is 2. The van der Waals surface area contributed by atoms with E-state index in [9.17, 15) is 26.8 Å². The Bertz CT molecular complexity index is 2570. The van der Waals surface area contributed by atoms with E-state index in [-0.39, 0.29) is 23.2 Å². The highest BCUT2D eigenvalue weighted by atomic mass is 32.2. The van der Waals surface area contributed by atoms with Crippen LogP contribution in [0.25, 0.3) is 23.5 Å². The highest BCUT2D eigenvalue weighted by Gasteiger charge is 2.49. The summed E-state index contributed by atoms with van der Waals surface area (Å²) >= 11 is 1.97. The molecule has 0 spiro atoms. The van der Waals surface area contributed by atoms with Crippen LogP contribution in [0.3, 0.4) is 0 Å². The molecule has 2 saturated carbocycles. The third-order valence-corrected chi connectivity index (χ3v) is 14.4. The van der Waals surface area contributed by atoms with E-state index in [1.807, 2.05) is 34.8 Å². The van der Waals surface area contributed by atoms with Crippen molar-refractivity contribution in [1.29, 1.82) is 0 Å². The maximum absolute atomic E-state index is 13.4. The molecule has 0 aliphatic heterocycles. The fourth-order valence-corrected chi connectivity index (χ4v) is 11.3. The molecule has 306 valence electrons. The van der Waals surface area contributed by atoms with Crippen LogP contribution in [0.5, 0.6) is 0 Å². The summed E-state index contributed by atoms with van der Waals surface area (Å²) < 4.78 is 58.5. The number of allylic oxidation sites excluding steroid dienone is 2. The number of carbonyl (C=O) groups is 2. The van der Waals surface area contributed by atoms with Crippen molar-refractivity contribution in [3.63, 3.8) is 0 Å². The number of hydrogen-bond donors (Lipinski definition) is 0. The zero-order valence-electron chi connectivity index (χ0n) is 33.2. The maximum Gasteiger partial charge on any atom is 0.264 e. The molecule has 9 rings (SSSR count). The third-order valence-electron chi connectivity index (χ3n) is 12.4. The second-order valence-corrected chi connectivity index (χ2v) is 19.1. The number of aromatic nitrogens is 4. The molecule has 4 atom stereocenters. The van der Waals surface area contributed by atoms with Gasteiger partial charge in [-0.1, -0.05) is 41.5 Å². The van der Waals surface area contributed by atoms with E-state index in [0.29, 0.717) is 37.4 Å². The van der Waals surface area contributed by atoms with Gasteiger partial charge in [-0.3, -0.25) is 13.8 Å². The summed E-state index contributed by atoms with van der Waals surface area (Å²) in [4.78, 5) is 25.7. The molecule has 2 aromatic heterocycles. The van der Waals surface area contributed by atoms with Crippen LogP contribution < -0.4 is 0 Å². The van der Waals surface area contributed by atoms with Crippen LogP contribution in [0.1, 0.15) is 80.5 Å². The fraction of sp³-hybridized carbons (Fsp3) is 0.348. The molecule has 0 radical (unpaired) electrons. The summed E-state index contributed by atoms with van der Waals surface area (Å²) in [6.07, 6.45) is 13.8. The lowest BCUT2D eigenvalue weighted by Crippen LogP contribution is -2.43. The summed E-state index contributed by atoms with van der Waals surface area (Å²) in [6.45, 7) is 3.29. The summed E-state index contributed by atoms with van der Waals surface area (Å²) in [5.41, 5.74) is 7.82. The lowest BCUT2D eigenvalue weighted by Gasteiger charge is -2.43. The lowest BCUT2D eigenvalue weighted by molar-refractivity contribution is -0.127. The Balaban J connectivity index is 0.000000165. The van der Waals surface area contributed by atoms with E-state index >= 15 is 0 Å². The van der Waals surface area contributed by atoms with Crippen LogP contribution in [0.2, 0.25) is 0 Å². The molecule has 0 bridgehead atoms. The quantitative estimate of drug-likeness (QED) is 0.135. The van der Waals surface area contributed by atoms with E-state index in [0.717, 1.165) is 70.7 Å². The van der Waals surface area contributed by atoms with Gasteiger partial charge in [0.25, 0.3) is 10.1 Å². The molecule has 0 amide bonds. The first-order chi connectivity index (χ1) is 28.2. The number of carbonyl (C=O) groups excluding carboxylic acids is 2. The van der Waals surface area contributed by atoms with E-state index in [1.165, 1.54) is 35.4 Å². The van der Waals surface area contributed by atoms with Crippen molar-refractivity contribution in [2.24, 2.45) is 10.8 Å². The van der Waals surface area contributed by atoms with Gasteiger partial charge in [0.05, 0.1) is 58.3 Å². The van der Waals surface area contributed by atoms with Crippen LogP contribution in [-0.2, 0) is 42.5 Å². The average Bonchev–Trinajstić information content (AvgIpc) is 3.82. The Labute approximate surface area is 347 Å². The van der Waals surface area contributed by atoms with E-state index in [2.05, 4.69) is 40.5 Å². The number of thioether (sulfide) groups is 1. The monoisotopic (exact) mass is 836 g/mol. The van der Waals surface area contributed by atoms with Crippen molar-refractivity contribution in [3.8, 4) is 11.4 Å². The first kappa shape index (κ1) is 40.8. The number of nitrogens with zero attached hydrogens (tertiary/aromatic N) is 4. The summed E-state index contributed by atoms with van der Waals surface area (Å²) in [6, 6.07) is 23.0. The highest BCUT2D eigenvalue weighted by molar-refractivity contribution is 7.99. The lowest BCUT2D eigenvalue weighted by atomic mass is 9.62. The molecular formula is C46H46F2N4O5S2. The van der Waals surface area contributed by atoms with Gasteiger partial charge in [-0.25, -0.2) is 18.1 Å². The normalized spacial score (nSPS) is 23.3. The van der Waals surface area contributed by atoms with Gasteiger partial charge in [0, 0.05) is 11.0 Å². The molecule has 9 nitrogen and oxygen atoms in total. The van der Waals surface area contributed by atoms with Crippen molar-refractivity contribution in [1.82, 2.24) is 19.6 Å². The molecule has 0 unspecified atom stereocenters. The summed E-state index contributed by atoms with van der Waals surface area (Å²) in [5.74, 6) is 0.657. The van der Waals surface area contributed by atoms with Gasteiger partial charge in [0.15, 0.2) is 0 Å². The van der Waals surface area contributed by atoms with Crippen molar-refractivity contribution < 1.29 is 31.0 Å². The second-order valence-electron chi connectivity index (χ2n) is 16.2. The molecule has 2 heterocycles. The minimum absolute atomic E-state index is 0.000679. The Kier molecular flexibility index (Phi) is 11.2. The maximum atomic E-state index is 13.4. The average molecular weight is 837 g/mol. The van der Waals surface area contributed by atoms with E-state index in [4.69, 9.17) is 4.18 Å². The Morgan fingerprint density at radius 3 is 1.73 bits per heavy atom. The molecule has 59 heavy (non-hydrogen) atoms. The molecule has 0 saturated heterocycles. The van der Waals surface area contributed by atoms with E-state index < -0.39 is 27.1 Å². The van der Waals surface area contributed by atoms with Gasteiger partial charge < -0.3 is 0 Å². The molecule has 4 aliphatic carbocycles. The first-order valence-electron chi connectivity index (χ1n) is 19.9. The van der Waals surface area contributed by atoms with Gasteiger partial charge in [-0.2, -0.15) is 30.4 Å². The molecule has 5 aromatic rings. The SMILES string of the molecule is CC(=O)[C@]12Cc3cnn(-c4ccc(F)cc4)c3C=C1CC[C@@H](OS(C)(=O)=O)C2.CC(=O)[C@]12Cc3cnn(-c4ccc(F)cc4)c3C=C1CC[C@H](SCc1ccccc1)C2. The van der Waals surface area contributed by atoms with Gasteiger partial charge >= 0.3 is 0 Å². The van der Waals surface area contributed by atoms with Gasteiger partial charge in [0.1, 0.15) is 23.2 Å². The minimum atomic E-state index is -3.59. The first-order valence-corrected chi connectivity index (χ1v) is 22.7. The zero-order chi connectivity index (χ0) is 41.5. The molecular weight excluding hydrogens is 791 g/mol. The topological polar surface area (TPSA) is 113 Å². The largest absolute Gasteiger partial charge is 0.299 e. The fourth-order valence-electron chi connectivity index (χ4n) is 9.32. The number of rotatable bonds is 9. The molecule has 4 aliphatic rings. The van der Waals surface area contributed by atoms with Crippen LogP contribution in [0, 0.1) is 22.5 Å². The van der Waals surface area contributed by atoms with Crippen LogP contribution in [-0.4, -0.2) is 57.2 Å².